The van der Waals surface area contributed by atoms with E-state index < -0.39 is 0 Å². The third-order valence-corrected chi connectivity index (χ3v) is 4.52. The monoisotopic (exact) mass is 311 g/mol. The van der Waals surface area contributed by atoms with Gasteiger partial charge in [-0.05, 0) is 42.9 Å². The summed E-state index contributed by atoms with van der Waals surface area (Å²) in [6.07, 6.45) is 3.99. The Balaban J connectivity index is 2.19. The van der Waals surface area contributed by atoms with Crippen LogP contribution in [0.1, 0.15) is 33.1 Å². The fraction of sp³-hybridized carbons (Fsp3) is 0.600. The Morgan fingerprint density at radius 3 is 2.50 bits per heavy atom. The van der Waals surface area contributed by atoms with Gasteiger partial charge in [0.1, 0.15) is 5.75 Å². The number of hydrogen-bond donors (Lipinski definition) is 1. The SMILES string of the molecule is COc1ccc(Br)cc1NC1C(C)CCCC1C. The van der Waals surface area contributed by atoms with E-state index in [1.54, 1.807) is 7.11 Å². The zero-order chi connectivity index (χ0) is 13.1. The lowest BCUT2D eigenvalue weighted by molar-refractivity contribution is 0.267. The van der Waals surface area contributed by atoms with Crippen LogP contribution in [-0.4, -0.2) is 13.2 Å². The van der Waals surface area contributed by atoms with E-state index in [9.17, 15) is 0 Å². The van der Waals surface area contributed by atoms with Gasteiger partial charge in [-0.3, -0.25) is 0 Å². The van der Waals surface area contributed by atoms with Crippen molar-refractivity contribution >= 4 is 21.6 Å². The molecule has 0 spiro atoms. The summed E-state index contributed by atoms with van der Waals surface area (Å²) >= 11 is 3.52. The van der Waals surface area contributed by atoms with E-state index in [-0.39, 0.29) is 0 Å². The second kappa shape index (κ2) is 5.96. The summed E-state index contributed by atoms with van der Waals surface area (Å²) in [6.45, 7) is 4.69. The minimum absolute atomic E-state index is 0.543. The Hall–Kier alpha value is -0.700. The first kappa shape index (κ1) is 13.7. The molecule has 18 heavy (non-hydrogen) atoms. The van der Waals surface area contributed by atoms with E-state index in [0.29, 0.717) is 6.04 Å². The predicted octanol–water partition coefficient (Wildman–Crippen LogP) is 4.69. The number of benzene rings is 1. The van der Waals surface area contributed by atoms with Crippen LogP contribution >= 0.6 is 15.9 Å². The first-order valence-corrected chi connectivity index (χ1v) is 7.51. The molecule has 0 aromatic heterocycles. The molecule has 100 valence electrons. The Morgan fingerprint density at radius 1 is 1.22 bits per heavy atom. The molecule has 1 aromatic carbocycles. The van der Waals surface area contributed by atoms with Crippen molar-refractivity contribution in [3.05, 3.63) is 22.7 Å². The van der Waals surface area contributed by atoms with E-state index in [0.717, 1.165) is 27.7 Å². The summed E-state index contributed by atoms with van der Waals surface area (Å²) in [7, 11) is 1.72. The largest absolute Gasteiger partial charge is 0.495 e. The average molecular weight is 312 g/mol. The van der Waals surface area contributed by atoms with Gasteiger partial charge in [0.05, 0.1) is 12.8 Å². The molecular formula is C15H22BrNO. The molecule has 0 aliphatic heterocycles. The maximum atomic E-state index is 5.43. The van der Waals surface area contributed by atoms with Crippen molar-refractivity contribution in [2.75, 3.05) is 12.4 Å². The maximum absolute atomic E-state index is 5.43. The number of ether oxygens (including phenoxy) is 1. The molecule has 1 aliphatic rings. The number of nitrogens with one attached hydrogen (secondary N) is 1. The van der Waals surface area contributed by atoms with Crippen LogP contribution in [0.4, 0.5) is 5.69 Å². The molecule has 2 atom stereocenters. The van der Waals surface area contributed by atoms with Crippen LogP contribution in [0, 0.1) is 11.8 Å². The highest BCUT2D eigenvalue weighted by Gasteiger charge is 2.28. The van der Waals surface area contributed by atoms with E-state index in [4.69, 9.17) is 4.74 Å². The Kier molecular flexibility index (Phi) is 4.55. The molecule has 2 unspecified atom stereocenters. The Bertz CT molecular complexity index is 397. The van der Waals surface area contributed by atoms with Crippen LogP contribution in [0.25, 0.3) is 0 Å². The fourth-order valence-electron chi connectivity index (χ4n) is 2.94. The van der Waals surface area contributed by atoms with Crippen molar-refractivity contribution in [3.63, 3.8) is 0 Å². The molecule has 1 N–H and O–H groups in total. The maximum Gasteiger partial charge on any atom is 0.142 e. The molecule has 0 amide bonds. The molecule has 0 saturated heterocycles. The standard InChI is InChI=1S/C15H22BrNO/c1-10-5-4-6-11(2)15(10)17-13-9-12(16)7-8-14(13)18-3/h7-11,15,17H,4-6H2,1-3H3. The summed E-state index contributed by atoms with van der Waals surface area (Å²) < 4.78 is 6.51. The van der Waals surface area contributed by atoms with Crippen LogP contribution in [0.2, 0.25) is 0 Å². The van der Waals surface area contributed by atoms with Crippen LogP contribution in [0.3, 0.4) is 0 Å². The van der Waals surface area contributed by atoms with Crippen molar-refractivity contribution in [1.29, 1.82) is 0 Å². The average Bonchev–Trinajstić information content (AvgIpc) is 2.34. The lowest BCUT2D eigenvalue weighted by atomic mass is 9.78. The Labute approximate surface area is 118 Å². The highest BCUT2D eigenvalue weighted by Crippen LogP contribution is 2.35. The van der Waals surface area contributed by atoms with Crippen molar-refractivity contribution in [1.82, 2.24) is 0 Å². The molecule has 2 rings (SSSR count). The normalized spacial score (nSPS) is 27.9. The summed E-state index contributed by atoms with van der Waals surface area (Å²) in [4.78, 5) is 0. The third kappa shape index (κ3) is 3.00. The van der Waals surface area contributed by atoms with Gasteiger partial charge < -0.3 is 10.1 Å². The van der Waals surface area contributed by atoms with Crippen LogP contribution in [-0.2, 0) is 0 Å². The number of rotatable bonds is 3. The van der Waals surface area contributed by atoms with Crippen molar-refractivity contribution in [2.24, 2.45) is 11.8 Å². The highest BCUT2D eigenvalue weighted by atomic mass is 79.9. The molecular weight excluding hydrogens is 290 g/mol. The summed E-state index contributed by atoms with van der Waals surface area (Å²) in [6, 6.07) is 6.66. The fourth-order valence-corrected chi connectivity index (χ4v) is 3.30. The van der Waals surface area contributed by atoms with Crippen molar-refractivity contribution in [3.8, 4) is 5.75 Å². The van der Waals surface area contributed by atoms with Gasteiger partial charge in [0.25, 0.3) is 0 Å². The van der Waals surface area contributed by atoms with Gasteiger partial charge in [-0.1, -0.05) is 36.2 Å². The van der Waals surface area contributed by atoms with E-state index in [1.807, 2.05) is 12.1 Å². The topological polar surface area (TPSA) is 21.3 Å². The Morgan fingerprint density at radius 2 is 1.89 bits per heavy atom. The molecule has 0 heterocycles. The van der Waals surface area contributed by atoms with E-state index >= 15 is 0 Å². The van der Waals surface area contributed by atoms with Crippen molar-refractivity contribution in [2.45, 2.75) is 39.2 Å². The lowest BCUT2D eigenvalue weighted by Crippen LogP contribution is -2.37. The second-order valence-corrected chi connectivity index (χ2v) is 6.32. The van der Waals surface area contributed by atoms with Gasteiger partial charge >= 0.3 is 0 Å². The lowest BCUT2D eigenvalue weighted by Gasteiger charge is -2.36. The molecule has 1 aromatic rings. The summed E-state index contributed by atoms with van der Waals surface area (Å²) in [5.74, 6) is 2.36. The number of methoxy groups -OCH3 is 1. The smallest absolute Gasteiger partial charge is 0.142 e. The first-order valence-electron chi connectivity index (χ1n) is 6.72. The van der Waals surface area contributed by atoms with Gasteiger partial charge in [0.2, 0.25) is 0 Å². The second-order valence-electron chi connectivity index (χ2n) is 5.40. The van der Waals surface area contributed by atoms with Crippen LogP contribution in [0.5, 0.6) is 5.75 Å². The molecule has 0 radical (unpaired) electrons. The van der Waals surface area contributed by atoms with Gasteiger partial charge in [-0.2, -0.15) is 0 Å². The predicted molar refractivity (Wildman–Crippen MR) is 80.3 cm³/mol. The molecule has 2 nitrogen and oxygen atoms in total. The molecule has 1 aliphatic carbocycles. The quantitative estimate of drug-likeness (QED) is 0.874. The highest BCUT2D eigenvalue weighted by molar-refractivity contribution is 9.10. The minimum atomic E-state index is 0.543. The van der Waals surface area contributed by atoms with Gasteiger partial charge in [-0.25, -0.2) is 0 Å². The number of anilines is 1. The van der Waals surface area contributed by atoms with Crippen LogP contribution in [0.15, 0.2) is 22.7 Å². The molecule has 1 saturated carbocycles. The third-order valence-electron chi connectivity index (χ3n) is 4.03. The van der Waals surface area contributed by atoms with Gasteiger partial charge in [0.15, 0.2) is 0 Å². The zero-order valence-electron chi connectivity index (χ0n) is 11.4. The van der Waals surface area contributed by atoms with Gasteiger partial charge in [0, 0.05) is 10.5 Å². The van der Waals surface area contributed by atoms with Gasteiger partial charge in [-0.15, -0.1) is 0 Å². The molecule has 1 fully saturated rings. The molecule has 0 bridgehead atoms. The summed E-state index contributed by atoms with van der Waals surface area (Å²) in [5, 5.41) is 3.69. The minimum Gasteiger partial charge on any atom is -0.495 e. The van der Waals surface area contributed by atoms with E-state index in [2.05, 4.69) is 41.2 Å². The number of halogens is 1. The van der Waals surface area contributed by atoms with Crippen molar-refractivity contribution < 1.29 is 4.74 Å². The zero-order valence-corrected chi connectivity index (χ0v) is 13.0. The summed E-state index contributed by atoms with van der Waals surface area (Å²) in [5.41, 5.74) is 1.09. The number of hydrogen-bond acceptors (Lipinski definition) is 2. The van der Waals surface area contributed by atoms with Crippen LogP contribution < -0.4 is 10.1 Å². The van der Waals surface area contributed by atoms with E-state index in [1.165, 1.54) is 19.3 Å². The first-order chi connectivity index (χ1) is 8.61. The molecule has 3 heteroatoms.